The molecule has 0 spiro atoms. The molecule has 0 atom stereocenters. The normalized spacial score (nSPS) is 18.4. The number of azo groups is 3. The van der Waals surface area contributed by atoms with Crippen LogP contribution in [0.1, 0.15) is 43.0 Å². The Morgan fingerprint density at radius 3 is 2.05 bits per heavy atom. The number of nitrogens with zero attached hydrogens (tertiary/aromatic N) is 4. The highest BCUT2D eigenvalue weighted by atomic mass is 16.1. The second kappa shape index (κ2) is 7.33. The monoisotopic (exact) mass is 305 g/mol. The number of hydrogen-bond acceptors (Lipinski definition) is 5. The van der Waals surface area contributed by atoms with E-state index in [2.05, 4.69) is 15.3 Å². The van der Waals surface area contributed by atoms with Gasteiger partial charge in [0.05, 0.1) is 0 Å². The van der Waals surface area contributed by atoms with Gasteiger partial charge in [0.15, 0.2) is 18.6 Å². The Kier molecular flexibility index (Phi) is 6.02. The standard InChI is InChI=1S/C9H14N2O.C7H9N2O.H2/c1-6(2)9(12)8-5-7(3)11(4)10-8;1-4-5(2)8-9-7(4)6(3)10;/h5-6H,1-4H3;1-3H3;1H/q+1;;. The zero-order valence-corrected chi connectivity index (χ0v) is 14.3. The van der Waals surface area contributed by atoms with Gasteiger partial charge in [0.2, 0.25) is 11.7 Å². The predicted octanol–water partition coefficient (Wildman–Crippen LogP) is 3.87. The SMILES string of the molecule is CC1=C[C](C(=O)C(C)C)N=[N+]1C.C[C]1N=NC(C(C)=O)=C1C.[HH]. The average molecular weight is 305 g/mol. The number of ketones is 2. The van der Waals surface area contributed by atoms with Crippen molar-refractivity contribution in [3.8, 4) is 0 Å². The van der Waals surface area contributed by atoms with E-state index in [-0.39, 0.29) is 18.9 Å². The lowest BCUT2D eigenvalue weighted by atomic mass is 10.0. The largest absolute Gasteiger partial charge is 0.296 e. The lowest BCUT2D eigenvalue weighted by molar-refractivity contribution is -0.509. The van der Waals surface area contributed by atoms with E-state index in [1.54, 1.807) is 4.70 Å². The molecule has 0 saturated carbocycles. The van der Waals surface area contributed by atoms with Crippen molar-refractivity contribution < 1.29 is 15.7 Å². The molecule has 2 aliphatic heterocycles. The van der Waals surface area contributed by atoms with Gasteiger partial charge in [-0.3, -0.25) is 9.59 Å². The highest BCUT2D eigenvalue weighted by Gasteiger charge is 2.30. The van der Waals surface area contributed by atoms with E-state index in [4.69, 9.17) is 0 Å². The minimum absolute atomic E-state index is 0. The van der Waals surface area contributed by atoms with Gasteiger partial charge in [0.1, 0.15) is 11.7 Å². The fourth-order valence-electron chi connectivity index (χ4n) is 1.76. The minimum atomic E-state index is -0.0156. The number of rotatable bonds is 3. The molecule has 6 nitrogen and oxygen atoms in total. The molecule has 0 aromatic carbocycles. The van der Waals surface area contributed by atoms with Crippen LogP contribution < -0.4 is 0 Å². The van der Waals surface area contributed by atoms with Gasteiger partial charge in [-0.15, -0.1) is 0 Å². The van der Waals surface area contributed by atoms with Crippen molar-refractivity contribution in [1.29, 1.82) is 0 Å². The summed E-state index contributed by atoms with van der Waals surface area (Å²) in [7, 11) is 1.84. The molecule has 2 radical (unpaired) electrons. The Labute approximate surface area is 133 Å². The molecule has 2 heterocycles. The molecular formula is C16H25N4O2+. The first-order valence-electron chi connectivity index (χ1n) is 7.17. The van der Waals surface area contributed by atoms with E-state index in [1.807, 2.05) is 47.7 Å². The summed E-state index contributed by atoms with van der Waals surface area (Å²) in [6.07, 6.45) is 1.82. The maximum atomic E-state index is 11.4. The van der Waals surface area contributed by atoms with Crippen molar-refractivity contribution in [2.75, 3.05) is 7.05 Å². The van der Waals surface area contributed by atoms with Crippen LogP contribution in [-0.4, -0.2) is 23.3 Å². The van der Waals surface area contributed by atoms with Gasteiger partial charge in [-0.1, -0.05) is 18.5 Å². The van der Waals surface area contributed by atoms with Crippen molar-refractivity contribution in [2.45, 2.75) is 41.5 Å². The van der Waals surface area contributed by atoms with Gasteiger partial charge >= 0.3 is 0 Å². The van der Waals surface area contributed by atoms with Gasteiger partial charge in [-0.25, -0.2) is 0 Å². The molecule has 120 valence electrons. The molecule has 0 unspecified atom stereocenters. The molecule has 2 rings (SSSR count). The molecule has 0 saturated heterocycles. The second-order valence-electron chi connectivity index (χ2n) is 5.63. The molecule has 6 heteroatoms. The lowest BCUT2D eigenvalue weighted by Crippen LogP contribution is -2.13. The van der Waals surface area contributed by atoms with Crippen LogP contribution in [0.5, 0.6) is 0 Å². The molecule has 0 N–H and O–H groups in total. The lowest BCUT2D eigenvalue weighted by Gasteiger charge is -2.00. The van der Waals surface area contributed by atoms with Crippen molar-refractivity contribution >= 4 is 11.6 Å². The number of Topliss-reactive ketones (excluding diaryl/α,β-unsaturated/α-hetero) is 2. The molecule has 0 aromatic heterocycles. The van der Waals surface area contributed by atoms with Gasteiger partial charge in [-0.2, -0.15) is 10.2 Å². The molecule has 0 aliphatic carbocycles. The summed E-state index contributed by atoms with van der Waals surface area (Å²) in [5.74, 6) is 0.121. The molecule has 0 aromatic rings. The average Bonchev–Trinajstić information content (AvgIpc) is 2.94. The Bertz CT molecular complexity index is 585. The van der Waals surface area contributed by atoms with E-state index in [0.717, 1.165) is 17.3 Å². The zero-order valence-electron chi connectivity index (χ0n) is 14.3. The van der Waals surface area contributed by atoms with Crippen LogP contribution in [0.25, 0.3) is 0 Å². The summed E-state index contributed by atoms with van der Waals surface area (Å²) in [6.45, 7) is 10.9. The minimum Gasteiger partial charge on any atom is -0.296 e. The Balaban J connectivity index is 0.000000409. The fraction of sp³-hybridized carbons (Fsp3) is 0.500. The fourth-order valence-corrected chi connectivity index (χ4v) is 1.76. The van der Waals surface area contributed by atoms with E-state index in [9.17, 15) is 9.59 Å². The Morgan fingerprint density at radius 2 is 1.77 bits per heavy atom. The summed E-state index contributed by atoms with van der Waals surface area (Å²) in [6, 6.07) is 1.41. The smallest absolute Gasteiger partial charge is 0.247 e. The van der Waals surface area contributed by atoms with Crippen molar-refractivity contribution in [3.05, 3.63) is 35.1 Å². The molecule has 22 heavy (non-hydrogen) atoms. The topological polar surface area (TPSA) is 74.2 Å². The van der Waals surface area contributed by atoms with Crippen LogP contribution in [0, 0.1) is 18.0 Å². The molecule has 0 amide bonds. The van der Waals surface area contributed by atoms with Crippen LogP contribution in [-0.2, 0) is 9.59 Å². The predicted molar refractivity (Wildman–Crippen MR) is 84.7 cm³/mol. The van der Waals surface area contributed by atoms with Crippen molar-refractivity contribution in [2.24, 2.45) is 21.3 Å². The Hall–Kier alpha value is -1.98. The molecular weight excluding hydrogens is 280 g/mol. The van der Waals surface area contributed by atoms with E-state index in [0.29, 0.717) is 11.7 Å². The summed E-state index contributed by atoms with van der Waals surface area (Å²) in [5, 5.41) is 11.6. The summed E-state index contributed by atoms with van der Waals surface area (Å²) in [5.41, 5.74) is 2.41. The van der Waals surface area contributed by atoms with Gasteiger partial charge in [0, 0.05) is 27.3 Å². The quantitative estimate of drug-likeness (QED) is 0.742. The van der Waals surface area contributed by atoms with Crippen LogP contribution in [0.4, 0.5) is 0 Å². The van der Waals surface area contributed by atoms with E-state index < -0.39 is 0 Å². The second-order valence-corrected chi connectivity index (χ2v) is 5.63. The third-order valence-electron chi connectivity index (χ3n) is 3.42. The third-order valence-corrected chi connectivity index (χ3v) is 3.42. The van der Waals surface area contributed by atoms with Crippen LogP contribution >= 0.6 is 0 Å². The first-order chi connectivity index (χ1) is 10.1. The molecule has 0 fully saturated rings. The maximum Gasteiger partial charge on any atom is 0.247 e. The molecule has 0 bridgehead atoms. The van der Waals surface area contributed by atoms with Gasteiger partial charge in [0.25, 0.3) is 0 Å². The molecule has 2 aliphatic rings. The van der Waals surface area contributed by atoms with E-state index >= 15 is 0 Å². The highest BCUT2D eigenvalue weighted by Crippen LogP contribution is 2.26. The maximum absolute atomic E-state index is 11.4. The first kappa shape index (κ1) is 18.1. The van der Waals surface area contributed by atoms with E-state index in [1.165, 1.54) is 6.92 Å². The summed E-state index contributed by atoms with van der Waals surface area (Å²) < 4.78 is 1.72. The van der Waals surface area contributed by atoms with Crippen molar-refractivity contribution in [3.63, 3.8) is 0 Å². The number of allylic oxidation sites excluding steroid dienone is 2. The summed E-state index contributed by atoms with van der Waals surface area (Å²) in [4.78, 5) is 22.2. The van der Waals surface area contributed by atoms with Crippen LogP contribution in [0.2, 0.25) is 0 Å². The van der Waals surface area contributed by atoms with Crippen LogP contribution in [0.15, 0.2) is 38.4 Å². The summed E-state index contributed by atoms with van der Waals surface area (Å²) >= 11 is 0. The van der Waals surface area contributed by atoms with Crippen LogP contribution in [0.3, 0.4) is 0 Å². The number of carbonyl (C=O) groups is 2. The zero-order chi connectivity index (χ0) is 17.0. The van der Waals surface area contributed by atoms with Crippen molar-refractivity contribution in [1.82, 2.24) is 0 Å². The Morgan fingerprint density at radius 1 is 1.18 bits per heavy atom. The first-order valence-corrected chi connectivity index (χ1v) is 7.17. The number of carbonyl (C=O) groups excluding carboxylic acids is 2. The number of hydrogen-bond donors (Lipinski definition) is 0. The van der Waals surface area contributed by atoms with Gasteiger partial charge in [-0.05, 0) is 24.5 Å². The third kappa shape index (κ3) is 4.26. The highest BCUT2D eigenvalue weighted by molar-refractivity contribution is 5.95. The van der Waals surface area contributed by atoms with Gasteiger partial charge < -0.3 is 0 Å².